The van der Waals surface area contributed by atoms with E-state index in [-0.39, 0.29) is 37.4 Å². The Morgan fingerprint density at radius 2 is 1.63 bits per heavy atom. The number of carbonyl (C=O) groups is 3. The summed E-state index contributed by atoms with van der Waals surface area (Å²) in [6, 6.07) is 15.9. The smallest absolute Gasteiger partial charge is 0.307 e. The molecule has 0 aliphatic carbocycles. The molecule has 0 saturated carbocycles. The number of esters is 1. The van der Waals surface area contributed by atoms with E-state index in [1.165, 1.54) is 0 Å². The number of benzene rings is 2. The molecule has 30 heavy (non-hydrogen) atoms. The maximum atomic E-state index is 12.4. The molecule has 1 heterocycles. The van der Waals surface area contributed by atoms with Gasteiger partial charge in [0, 0.05) is 43.9 Å². The van der Waals surface area contributed by atoms with Crippen LogP contribution in [0.4, 0.5) is 0 Å². The molecule has 1 aliphatic rings. The lowest BCUT2D eigenvalue weighted by atomic mass is 10.1. The van der Waals surface area contributed by atoms with Gasteiger partial charge in [0.05, 0.1) is 6.42 Å². The first kappa shape index (κ1) is 21.5. The third kappa shape index (κ3) is 6.68. The number of rotatable bonds is 8. The van der Waals surface area contributed by atoms with Crippen LogP contribution < -0.4 is 16.1 Å². The highest BCUT2D eigenvalue weighted by molar-refractivity contribution is 5.99. The van der Waals surface area contributed by atoms with Crippen molar-refractivity contribution in [2.24, 2.45) is 0 Å². The minimum absolute atomic E-state index is 0.0712. The van der Waals surface area contributed by atoms with Crippen molar-refractivity contribution >= 4 is 17.8 Å². The van der Waals surface area contributed by atoms with Crippen molar-refractivity contribution in [2.45, 2.75) is 13.0 Å². The van der Waals surface area contributed by atoms with E-state index in [0.717, 1.165) is 31.7 Å². The Balaban J connectivity index is 1.43. The zero-order valence-corrected chi connectivity index (χ0v) is 16.7. The molecule has 0 aromatic heterocycles. The summed E-state index contributed by atoms with van der Waals surface area (Å²) in [7, 11) is 0. The zero-order chi connectivity index (χ0) is 21.2. The van der Waals surface area contributed by atoms with Gasteiger partial charge >= 0.3 is 5.97 Å². The molecule has 1 aliphatic heterocycles. The van der Waals surface area contributed by atoms with E-state index in [9.17, 15) is 14.4 Å². The molecule has 8 nitrogen and oxygen atoms in total. The molecule has 3 N–H and O–H groups in total. The summed E-state index contributed by atoms with van der Waals surface area (Å²) < 4.78 is 5.19. The second-order valence-electron chi connectivity index (χ2n) is 6.91. The highest BCUT2D eigenvalue weighted by atomic mass is 16.5. The first-order valence-corrected chi connectivity index (χ1v) is 9.96. The number of hydrazine groups is 1. The summed E-state index contributed by atoms with van der Waals surface area (Å²) in [4.78, 5) is 36.6. The van der Waals surface area contributed by atoms with Crippen molar-refractivity contribution in [3.05, 3.63) is 71.3 Å². The van der Waals surface area contributed by atoms with E-state index in [1.54, 1.807) is 24.3 Å². The number of ether oxygens (including phenoxy) is 1. The quantitative estimate of drug-likeness (QED) is 0.564. The highest BCUT2D eigenvalue weighted by Gasteiger charge is 2.15. The van der Waals surface area contributed by atoms with Crippen LogP contribution >= 0.6 is 0 Å². The fourth-order valence-corrected chi connectivity index (χ4v) is 2.98. The van der Waals surface area contributed by atoms with Crippen LogP contribution in [0.1, 0.15) is 32.7 Å². The van der Waals surface area contributed by atoms with E-state index >= 15 is 0 Å². The van der Waals surface area contributed by atoms with Gasteiger partial charge in [-0.15, -0.1) is 0 Å². The summed E-state index contributed by atoms with van der Waals surface area (Å²) in [5.41, 5.74) is 4.52. The van der Waals surface area contributed by atoms with Crippen molar-refractivity contribution in [1.82, 2.24) is 21.1 Å². The van der Waals surface area contributed by atoms with Crippen LogP contribution in [0.5, 0.6) is 0 Å². The summed E-state index contributed by atoms with van der Waals surface area (Å²) in [5, 5.41) is 7.76. The van der Waals surface area contributed by atoms with Gasteiger partial charge in [-0.05, 0) is 23.8 Å². The van der Waals surface area contributed by atoms with Gasteiger partial charge in [0.15, 0.2) is 0 Å². The largest absolute Gasteiger partial charge is 0.461 e. The molecule has 0 radical (unpaired) electrons. The molecule has 158 valence electrons. The Labute approximate surface area is 175 Å². The summed E-state index contributed by atoms with van der Waals surface area (Å²) in [6.07, 6.45) is 0.0712. The molecule has 2 aromatic carbocycles. The lowest BCUT2D eigenvalue weighted by molar-refractivity contribution is -0.144. The molecular weight excluding hydrogens is 384 g/mol. The SMILES string of the molecule is O=C(CCNC(=O)c1cccc(C(=O)NN2CCNCC2)c1)OCc1ccccc1. The monoisotopic (exact) mass is 410 g/mol. The summed E-state index contributed by atoms with van der Waals surface area (Å²) in [6.45, 7) is 3.45. The molecule has 8 heteroatoms. The number of hydrogen-bond donors (Lipinski definition) is 3. The molecule has 0 unspecified atom stereocenters. The predicted molar refractivity (Wildman–Crippen MR) is 112 cm³/mol. The summed E-state index contributed by atoms with van der Waals surface area (Å²) >= 11 is 0. The number of hydrogen-bond acceptors (Lipinski definition) is 6. The molecule has 0 spiro atoms. The van der Waals surface area contributed by atoms with Gasteiger partial charge in [-0.25, -0.2) is 5.01 Å². The van der Waals surface area contributed by atoms with Crippen molar-refractivity contribution < 1.29 is 19.1 Å². The van der Waals surface area contributed by atoms with E-state index in [4.69, 9.17) is 4.74 Å². The molecular formula is C22H26N4O4. The molecule has 2 aromatic rings. The standard InChI is InChI=1S/C22H26N4O4/c27-20(30-16-17-5-2-1-3-6-17)9-10-24-21(28)18-7-4-8-19(15-18)22(29)25-26-13-11-23-12-14-26/h1-8,15,23H,9-14,16H2,(H,24,28)(H,25,29). The van der Waals surface area contributed by atoms with Crippen LogP contribution in [0.15, 0.2) is 54.6 Å². The van der Waals surface area contributed by atoms with Crippen LogP contribution in [0.2, 0.25) is 0 Å². The maximum Gasteiger partial charge on any atom is 0.307 e. The average Bonchev–Trinajstić information content (AvgIpc) is 2.79. The molecule has 1 saturated heterocycles. The van der Waals surface area contributed by atoms with E-state index in [0.29, 0.717) is 11.1 Å². The average molecular weight is 410 g/mol. The van der Waals surface area contributed by atoms with Gasteiger partial charge in [-0.3, -0.25) is 19.8 Å². The first-order valence-electron chi connectivity index (χ1n) is 9.96. The van der Waals surface area contributed by atoms with Gasteiger partial charge in [0.1, 0.15) is 6.61 Å². The topological polar surface area (TPSA) is 99.8 Å². The lowest BCUT2D eigenvalue weighted by Gasteiger charge is -2.27. The van der Waals surface area contributed by atoms with Crippen molar-refractivity contribution in [3.63, 3.8) is 0 Å². The number of carbonyl (C=O) groups excluding carboxylic acids is 3. The Bertz CT molecular complexity index is 866. The van der Waals surface area contributed by atoms with E-state index < -0.39 is 0 Å². The van der Waals surface area contributed by atoms with E-state index in [2.05, 4.69) is 16.1 Å². The van der Waals surface area contributed by atoms with Gasteiger partial charge < -0.3 is 15.4 Å². The number of nitrogens with one attached hydrogen (secondary N) is 3. The van der Waals surface area contributed by atoms with Crippen LogP contribution in [0, 0.1) is 0 Å². The van der Waals surface area contributed by atoms with Gasteiger partial charge in [0.25, 0.3) is 11.8 Å². The van der Waals surface area contributed by atoms with Gasteiger partial charge in [-0.2, -0.15) is 0 Å². The minimum Gasteiger partial charge on any atom is -0.461 e. The first-order chi connectivity index (χ1) is 14.6. The van der Waals surface area contributed by atoms with Crippen molar-refractivity contribution in [3.8, 4) is 0 Å². The third-order valence-corrected chi connectivity index (χ3v) is 4.62. The highest BCUT2D eigenvalue weighted by Crippen LogP contribution is 2.06. The van der Waals surface area contributed by atoms with Gasteiger partial charge in [0.2, 0.25) is 0 Å². The third-order valence-electron chi connectivity index (χ3n) is 4.62. The Kier molecular flexibility index (Phi) is 7.94. The molecule has 0 bridgehead atoms. The summed E-state index contributed by atoms with van der Waals surface area (Å²) in [5.74, 6) is -0.984. The normalized spacial score (nSPS) is 14.0. The van der Waals surface area contributed by atoms with E-state index in [1.807, 2.05) is 35.3 Å². The molecule has 3 rings (SSSR count). The minimum atomic E-state index is -0.386. The molecule has 2 amide bonds. The van der Waals surface area contributed by atoms with Crippen LogP contribution in [-0.2, 0) is 16.1 Å². The maximum absolute atomic E-state index is 12.4. The van der Waals surface area contributed by atoms with Crippen LogP contribution in [0.25, 0.3) is 0 Å². The second kappa shape index (κ2) is 11.1. The Morgan fingerprint density at radius 3 is 2.37 bits per heavy atom. The lowest BCUT2D eigenvalue weighted by Crippen LogP contribution is -2.52. The predicted octanol–water partition coefficient (Wildman–Crippen LogP) is 1.10. The fourth-order valence-electron chi connectivity index (χ4n) is 2.98. The van der Waals surface area contributed by atoms with Crippen LogP contribution in [-0.4, -0.2) is 55.5 Å². The molecule has 1 fully saturated rings. The number of piperazine rings is 1. The Morgan fingerprint density at radius 1 is 0.933 bits per heavy atom. The van der Waals surface area contributed by atoms with Gasteiger partial charge in [-0.1, -0.05) is 36.4 Å². The zero-order valence-electron chi connectivity index (χ0n) is 16.7. The fraction of sp³-hybridized carbons (Fsp3) is 0.318. The number of nitrogens with zero attached hydrogens (tertiary/aromatic N) is 1. The molecule has 0 atom stereocenters. The second-order valence-corrected chi connectivity index (χ2v) is 6.91. The van der Waals surface area contributed by atoms with Crippen LogP contribution in [0.3, 0.4) is 0 Å². The van der Waals surface area contributed by atoms with Crippen molar-refractivity contribution in [2.75, 3.05) is 32.7 Å². The Hall–Kier alpha value is -3.23. The van der Waals surface area contributed by atoms with Crippen molar-refractivity contribution in [1.29, 1.82) is 0 Å². The number of amides is 2.